The summed E-state index contributed by atoms with van der Waals surface area (Å²) in [6, 6.07) is 5.76. The predicted octanol–water partition coefficient (Wildman–Crippen LogP) is 2.43. The Labute approximate surface area is 96.5 Å². The molecule has 0 heterocycles. The van der Waals surface area contributed by atoms with E-state index >= 15 is 0 Å². The van der Waals surface area contributed by atoms with E-state index in [9.17, 15) is 9.90 Å². The van der Waals surface area contributed by atoms with Gasteiger partial charge in [0.05, 0.1) is 6.61 Å². The van der Waals surface area contributed by atoms with Crippen molar-refractivity contribution in [3.8, 4) is 0 Å². The zero-order chi connectivity index (χ0) is 12.3. The van der Waals surface area contributed by atoms with Crippen molar-refractivity contribution in [3.05, 3.63) is 29.3 Å². The van der Waals surface area contributed by atoms with Crippen molar-refractivity contribution in [1.82, 2.24) is 0 Å². The molecule has 0 aromatic heterocycles. The van der Waals surface area contributed by atoms with E-state index in [1.54, 1.807) is 0 Å². The average molecular weight is 221 g/mol. The standard InChI is InChI=1S/C13H19NO2/c1-9(16)14-12-7-11(13(2,3)4)6-5-10(12)8-15/h5-7,15H,8H2,1-4H3,(H,14,16). The Balaban J connectivity index is 3.16. The van der Waals surface area contributed by atoms with Crippen LogP contribution in [0.25, 0.3) is 0 Å². The van der Waals surface area contributed by atoms with Gasteiger partial charge in [-0.1, -0.05) is 32.9 Å². The summed E-state index contributed by atoms with van der Waals surface area (Å²) in [7, 11) is 0. The van der Waals surface area contributed by atoms with E-state index in [2.05, 4.69) is 26.1 Å². The normalized spacial score (nSPS) is 11.3. The highest BCUT2D eigenvalue weighted by atomic mass is 16.3. The average Bonchev–Trinajstić information content (AvgIpc) is 2.15. The molecule has 16 heavy (non-hydrogen) atoms. The summed E-state index contributed by atoms with van der Waals surface area (Å²) in [5.41, 5.74) is 2.60. The molecule has 0 atom stereocenters. The van der Waals surface area contributed by atoms with Gasteiger partial charge >= 0.3 is 0 Å². The lowest BCUT2D eigenvalue weighted by molar-refractivity contribution is -0.114. The highest BCUT2D eigenvalue weighted by Gasteiger charge is 2.15. The van der Waals surface area contributed by atoms with Crippen molar-refractivity contribution in [2.45, 2.75) is 39.7 Å². The van der Waals surface area contributed by atoms with Crippen LogP contribution in [-0.4, -0.2) is 11.0 Å². The third kappa shape index (κ3) is 3.07. The Morgan fingerprint density at radius 1 is 1.38 bits per heavy atom. The number of carbonyl (C=O) groups excluding carboxylic acids is 1. The second kappa shape index (κ2) is 4.66. The first-order valence-corrected chi connectivity index (χ1v) is 5.36. The van der Waals surface area contributed by atoms with Gasteiger partial charge in [-0.05, 0) is 17.0 Å². The van der Waals surface area contributed by atoms with Gasteiger partial charge in [-0.3, -0.25) is 4.79 Å². The fourth-order valence-corrected chi connectivity index (χ4v) is 1.49. The maximum Gasteiger partial charge on any atom is 0.221 e. The molecule has 3 nitrogen and oxygen atoms in total. The van der Waals surface area contributed by atoms with E-state index in [1.807, 2.05) is 18.2 Å². The fraction of sp³-hybridized carbons (Fsp3) is 0.462. The molecule has 0 saturated heterocycles. The van der Waals surface area contributed by atoms with E-state index in [4.69, 9.17) is 0 Å². The number of nitrogens with one attached hydrogen (secondary N) is 1. The van der Waals surface area contributed by atoms with Gasteiger partial charge in [0, 0.05) is 18.2 Å². The van der Waals surface area contributed by atoms with Gasteiger partial charge < -0.3 is 10.4 Å². The molecule has 0 spiro atoms. The molecule has 0 bridgehead atoms. The van der Waals surface area contributed by atoms with Crippen molar-refractivity contribution in [1.29, 1.82) is 0 Å². The van der Waals surface area contributed by atoms with Gasteiger partial charge in [-0.2, -0.15) is 0 Å². The third-order valence-corrected chi connectivity index (χ3v) is 2.46. The Morgan fingerprint density at radius 3 is 2.44 bits per heavy atom. The first kappa shape index (κ1) is 12.7. The molecule has 0 fully saturated rings. The van der Waals surface area contributed by atoms with E-state index in [-0.39, 0.29) is 17.9 Å². The molecule has 0 aliphatic heterocycles. The van der Waals surface area contributed by atoms with Crippen LogP contribution in [0.3, 0.4) is 0 Å². The van der Waals surface area contributed by atoms with Gasteiger partial charge in [-0.25, -0.2) is 0 Å². The van der Waals surface area contributed by atoms with Crippen LogP contribution in [0, 0.1) is 0 Å². The molecule has 2 N–H and O–H groups in total. The van der Waals surface area contributed by atoms with Crippen LogP contribution in [0.2, 0.25) is 0 Å². The molecule has 1 aromatic rings. The summed E-state index contributed by atoms with van der Waals surface area (Å²) in [4.78, 5) is 11.0. The number of carbonyl (C=O) groups is 1. The van der Waals surface area contributed by atoms with Gasteiger partial charge in [0.15, 0.2) is 0 Å². The molecule has 0 aliphatic carbocycles. The van der Waals surface area contributed by atoms with Crippen molar-refractivity contribution in [3.63, 3.8) is 0 Å². The van der Waals surface area contributed by atoms with Crippen molar-refractivity contribution in [2.75, 3.05) is 5.32 Å². The summed E-state index contributed by atoms with van der Waals surface area (Å²) in [6.45, 7) is 7.72. The first-order valence-electron chi connectivity index (χ1n) is 5.36. The molecule has 3 heteroatoms. The summed E-state index contributed by atoms with van der Waals surface area (Å²) < 4.78 is 0. The summed E-state index contributed by atoms with van der Waals surface area (Å²) in [5, 5.41) is 11.9. The molecule has 1 aromatic carbocycles. The monoisotopic (exact) mass is 221 g/mol. The highest BCUT2D eigenvalue weighted by Crippen LogP contribution is 2.27. The molecule has 1 amide bonds. The van der Waals surface area contributed by atoms with Crippen molar-refractivity contribution in [2.24, 2.45) is 0 Å². The summed E-state index contributed by atoms with van der Waals surface area (Å²) >= 11 is 0. The van der Waals surface area contributed by atoms with Gasteiger partial charge in [-0.15, -0.1) is 0 Å². The van der Waals surface area contributed by atoms with Crippen LogP contribution in [0.4, 0.5) is 5.69 Å². The minimum Gasteiger partial charge on any atom is -0.392 e. The van der Waals surface area contributed by atoms with Crippen LogP contribution in [0.1, 0.15) is 38.8 Å². The number of hydrogen-bond acceptors (Lipinski definition) is 2. The number of aliphatic hydroxyl groups excluding tert-OH is 1. The molecular formula is C13H19NO2. The first-order chi connectivity index (χ1) is 7.34. The zero-order valence-corrected chi connectivity index (χ0v) is 10.3. The highest BCUT2D eigenvalue weighted by molar-refractivity contribution is 5.89. The molecule has 1 rings (SSSR count). The van der Waals surface area contributed by atoms with E-state index < -0.39 is 0 Å². The maximum atomic E-state index is 11.0. The van der Waals surface area contributed by atoms with Crippen molar-refractivity contribution >= 4 is 11.6 Å². The molecular weight excluding hydrogens is 202 g/mol. The van der Waals surface area contributed by atoms with Crippen LogP contribution >= 0.6 is 0 Å². The molecule has 88 valence electrons. The Hall–Kier alpha value is -1.35. The number of hydrogen-bond donors (Lipinski definition) is 2. The maximum absolute atomic E-state index is 11.0. The topological polar surface area (TPSA) is 49.3 Å². The third-order valence-electron chi connectivity index (χ3n) is 2.46. The second-order valence-electron chi connectivity index (χ2n) is 4.96. The molecule has 0 radical (unpaired) electrons. The predicted molar refractivity (Wildman–Crippen MR) is 65.4 cm³/mol. The van der Waals surface area contributed by atoms with Crippen LogP contribution < -0.4 is 5.32 Å². The Bertz CT molecular complexity index is 391. The van der Waals surface area contributed by atoms with Crippen LogP contribution in [-0.2, 0) is 16.8 Å². The Kier molecular flexibility index (Phi) is 3.70. The smallest absolute Gasteiger partial charge is 0.221 e. The second-order valence-corrected chi connectivity index (χ2v) is 4.96. The number of rotatable bonds is 2. The van der Waals surface area contributed by atoms with E-state index in [1.165, 1.54) is 6.92 Å². The number of benzene rings is 1. The lowest BCUT2D eigenvalue weighted by Gasteiger charge is -2.21. The minimum atomic E-state index is -0.124. The molecule has 0 saturated carbocycles. The van der Waals surface area contributed by atoms with Gasteiger partial charge in [0.2, 0.25) is 5.91 Å². The molecule has 0 aliphatic rings. The van der Waals surface area contributed by atoms with Crippen LogP contribution in [0.15, 0.2) is 18.2 Å². The lowest BCUT2D eigenvalue weighted by atomic mass is 9.86. The largest absolute Gasteiger partial charge is 0.392 e. The minimum absolute atomic E-state index is 0.0290. The SMILES string of the molecule is CC(=O)Nc1cc(C(C)(C)C)ccc1CO. The number of anilines is 1. The summed E-state index contributed by atoms with van der Waals surface area (Å²) in [6.07, 6.45) is 0. The van der Waals surface area contributed by atoms with Crippen LogP contribution in [0.5, 0.6) is 0 Å². The fourth-order valence-electron chi connectivity index (χ4n) is 1.49. The number of aliphatic hydroxyl groups is 1. The van der Waals surface area contributed by atoms with Crippen molar-refractivity contribution < 1.29 is 9.90 Å². The quantitative estimate of drug-likeness (QED) is 0.805. The van der Waals surface area contributed by atoms with E-state index in [0.29, 0.717) is 5.69 Å². The lowest BCUT2D eigenvalue weighted by Crippen LogP contribution is -2.14. The summed E-state index contributed by atoms with van der Waals surface area (Å²) in [5.74, 6) is -0.124. The number of amides is 1. The zero-order valence-electron chi connectivity index (χ0n) is 10.3. The van der Waals surface area contributed by atoms with E-state index in [0.717, 1.165) is 11.1 Å². The Morgan fingerprint density at radius 2 is 2.00 bits per heavy atom. The molecule has 0 unspecified atom stereocenters. The van der Waals surface area contributed by atoms with Gasteiger partial charge in [0.1, 0.15) is 0 Å². The van der Waals surface area contributed by atoms with Gasteiger partial charge in [0.25, 0.3) is 0 Å².